The number of benzene rings is 2. The summed E-state index contributed by atoms with van der Waals surface area (Å²) in [6.07, 6.45) is 2.74. The highest BCUT2D eigenvalue weighted by atomic mass is 16.5. The normalized spacial score (nSPS) is 13.4. The Bertz CT molecular complexity index is 1070. The number of rotatable bonds is 4. The first-order chi connectivity index (χ1) is 13.1. The maximum Gasteiger partial charge on any atom is 0.332 e. The standard InChI is InChI=1S/C21H14N2O4/c24-19(12-11-15-10-9-14-5-1-4-8-18(14)22-15)27-13-23-20(25)16-6-2-3-7-17(16)21(23)26/h1-12H,13H2/b12-11+. The monoisotopic (exact) mass is 358 g/mol. The molecule has 6 heteroatoms. The molecule has 0 spiro atoms. The number of hydrogen-bond donors (Lipinski definition) is 0. The van der Waals surface area contributed by atoms with Gasteiger partial charge >= 0.3 is 5.97 Å². The minimum absolute atomic E-state index is 0.314. The van der Waals surface area contributed by atoms with Crippen LogP contribution in [0.25, 0.3) is 17.0 Å². The first kappa shape index (κ1) is 16.7. The minimum Gasteiger partial charge on any atom is -0.441 e. The van der Waals surface area contributed by atoms with Crippen LogP contribution >= 0.6 is 0 Å². The SMILES string of the molecule is O=C(/C=C/c1ccc2ccccc2n1)OCN1C(=O)c2ccccc2C1=O. The third kappa shape index (κ3) is 3.20. The van der Waals surface area contributed by atoms with Gasteiger partial charge in [0.25, 0.3) is 11.8 Å². The molecule has 1 aliphatic heterocycles. The van der Waals surface area contributed by atoms with Crippen LogP contribution in [0, 0.1) is 0 Å². The zero-order valence-corrected chi connectivity index (χ0v) is 14.2. The van der Waals surface area contributed by atoms with Crippen LogP contribution in [0.5, 0.6) is 0 Å². The quantitative estimate of drug-likeness (QED) is 0.407. The van der Waals surface area contributed by atoms with Crippen molar-refractivity contribution in [1.29, 1.82) is 0 Å². The number of pyridine rings is 1. The second-order valence-corrected chi connectivity index (χ2v) is 5.94. The second-order valence-electron chi connectivity index (χ2n) is 5.94. The fourth-order valence-corrected chi connectivity index (χ4v) is 2.86. The lowest BCUT2D eigenvalue weighted by Gasteiger charge is -2.12. The van der Waals surface area contributed by atoms with Crippen LogP contribution in [0.15, 0.2) is 66.7 Å². The first-order valence-electron chi connectivity index (χ1n) is 8.29. The van der Waals surface area contributed by atoms with Crippen LogP contribution in [-0.4, -0.2) is 34.4 Å². The van der Waals surface area contributed by atoms with Crippen molar-refractivity contribution < 1.29 is 19.1 Å². The Kier molecular flexibility index (Phi) is 4.22. The van der Waals surface area contributed by atoms with Gasteiger partial charge in [-0.1, -0.05) is 36.4 Å². The number of carbonyl (C=O) groups excluding carboxylic acids is 3. The number of ether oxygens (including phenoxy) is 1. The van der Waals surface area contributed by atoms with Crippen LogP contribution in [0.2, 0.25) is 0 Å². The number of nitrogens with zero attached hydrogens (tertiary/aromatic N) is 2. The average Bonchev–Trinajstić information content (AvgIpc) is 2.95. The zero-order chi connectivity index (χ0) is 18.8. The Labute approximate surface area is 154 Å². The van der Waals surface area contributed by atoms with Gasteiger partial charge in [0.2, 0.25) is 0 Å². The highest BCUT2D eigenvalue weighted by molar-refractivity contribution is 6.21. The topological polar surface area (TPSA) is 76.6 Å². The van der Waals surface area contributed by atoms with Crippen LogP contribution in [-0.2, 0) is 9.53 Å². The van der Waals surface area contributed by atoms with E-state index in [9.17, 15) is 14.4 Å². The molecule has 2 heterocycles. The Hall–Kier alpha value is -3.80. The van der Waals surface area contributed by atoms with E-state index in [1.807, 2.05) is 30.3 Å². The van der Waals surface area contributed by atoms with Gasteiger partial charge in [-0.25, -0.2) is 14.7 Å². The molecule has 1 aliphatic rings. The molecule has 27 heavy (non-hydrogen) atoms. The summed E-state index contributed by atoms with van der Waals surface area (Å²) in [5.41, 5.74) is 2.05. The van der Waals surface area contributed by atoms with Crippen LogP contribution in [0.4, 0.5) is 0 Å². The number of amides is 2. The number of fused-ring (bicyclic) bond motifs is 2. The third-order valence-electron chi connectivity index (χ3n) is 4.22. The fraction of sp³-hybridized carbons (Fsp3) is 0.0476. The Morgan fingerprint density at radius 2 is 1.59 bits per heavy atom. The molecule has 4 rings (SSSR count). The van der Waals surface area contributed by atoms with Gasteiger partial charge in [0.15, 0.2) is 6.73 Å². The van der Waals surface area contributed by atoms with Crippen molar-refractivity contribution >= 4 is 34.8 Å². The largest absolute Gasteiger partial charge is 0.441 e. The first-order valence-corrected chi connectivity index (χ1v) is 8.29. The third-order valence-corrected chi connectivity index (χ3v) is 4.22. The summed E-state index contributed by atoms with van der Waals surface area (Å²) in [4.78, 5) is 41.7. The molecular weight excluding hydrogens is 344 g/mol. The van der Waals surface area contributed by atoms with Crippen molar-refractivity contribution in [3.8, 4) is 0 Å². The summed E-state index contributed by atoms with van der Waals surface area (Å²) in [5, 5.41) is 1.00. The number of esters is 1. The average molecular weight is 358 g/mol. The van der Waals surface area contributed by atoms with Gasteiger partial charge in [-0.05, 0) is 30.3 Å². The highest BCUT2D eigenvalue weighted by Gasteiger charge is 2.35. The number of para-hydroxylation sites is 1. The summed E-state index contributed by atoms with van der Waals surface area (Å²) in [7, 11) is 0. The summed E-state index contributed by atoms with van der Waals surface area (Å²) in [5.74, 6) is -1.60. The van der Waals surface area contributed by atoms with E-state index in [1.165, 1.54) is 12.2 Å². The fourth-order valence-electron chi connectivity index (χ4n) is 2.86. The molecular formula is C21H14N2O4. The van der Waals surface area contributed by atoms with E-state index >= 15 is 0 Å². The molecule has 0 fully saturated rings. The molecule has 1 aromatic heterocycles. The van der Waals surface area contributed by atoms with E-state index < -0.39 is 24.5 Å². The molecule has 2 aromatic carbocycles. The van der Waals surface area contributed by atoms with Crippen molar-refractivity contribution in [1.82, 2.24) is 9.88 Å². The van der Waals surface area contributed by atoms with Crippen molar-refractivity contribution in [2.24, 2.45) is 0 Å². The number of hydrogen-bond acceptors (Lipinski definition) is 5. The molecule has 0 bridgehead atoms. The van der Waals surface area contributed by atoms with Gasteiger partial charge in [0.1, 0.15) is 0 Å². The predicted molar refractivity (Wildman–Crippen MR) is 98.7 cm³/mol. The second kappa shape index (κ2) is 6.84. The van der Waals surface area contributed by atoms with Crippen molar-refractivity contribution in [2.75, 3.05) is 6.73 Å². The predicted octanol–water partition coefficient (Wildman–Crippen LogP) is 3.04. The lowest BCUT2D eigenvalue weighted by Crippen LogP contribution is -2.32. The van der Waals surface area contributed by atoms with Crippen LogP contribution in [0.1, 0.15) is 26.4 Å². The molecule has 6 nitrogen and oxygen atoms in total. The van der Waals surface area contributed by atoms with E-state index in [2.05, 4.69) is 4.98 Å². The molecule has 132 valence electrons. The molecule has 3 aromatic rings. The van der Waals surface area contributed by atoms with E-state index in [1.54, 1.807) is 30.3 Å². The summed E-state index contributed by atoms with van der Waals surface area (Å²) in [6, 6.07) is 17.8. The van der Waals surface area contributed by atoms with E-state index in [0.717, 1.165) is 15.8 Å². The summed E-state index contributed by atoms with van der Waals surface area (Å²) < 4.78 is 5.04. The molecule has 0 N–H and O–H groups in total. The number of imide groups is 1. The summed E-state index contributed by atoms with van der Waals surface area (Å²) in [6.45, 7) is -0.430. The van der Waals surface area contributed by atoms with Crippen molar-refractivity contribution in [2.45, 2.75) is 0 Å². The van der Waals surface area contributed by atoms with Crippen molar-refractivity contribution in [3.05, 3.63) is 83.6 Å². The van der Waals surface area contributed by atoms with Crippen LogP contribution < -0.4 is 0 Å². The lowest BCUT2D eigenvalue weighted by molar-refractivity contribution is -0.140. The van der Waals surface area contributed by atoms with Gasteiger partial charge in [0, 0.05) is 11.5 Å². The number of carbonyl (C=O) groups is 3. The molecule has 0 unspecified atom stereocenters. The Morgan fingerprint density at radius 3 is 2.33 bits per heavy atom. The maximum absolute atomic E-state index is 12.2. The minimum atomic E-state index is -0.665. The number of aromatic nitrogens is 1. The van der Waals surface area contributed by atoms with E-state index in [0.29, 0.717) is 16.8 Å². The Morgan fingerprint density at radius 1 is 0.926 bits per heavy atom. The maximum atomic E-state index is 12.2. The van der Waals surface area contributed by atoms with E-state index in [4.69, 9.17) is 4.74 Å². The molecule has 2 amide bonds. The van der Waals surface area contributed by atoms with Crippen LogP contribution in [0.3, 0.4) is 0 Å². The van der Waals surface area contributed by atoms with Gasteiger partial charge in [0.05, 0.1) is 22.3 Å². The van der Waals surface area contributed by atoms with Gasteiger partial charge < -0.3 is 4.74 Å². The van der Waals surface area contributed by atoms with Gasteiger partial charge in [-0.2, -0.15) is 0 Å². The Balaban J connectivity index is 1.40. The lowest BCUT2D eigenvalue weighted by atomic mass is 10.1. The van der Waals surface area contributed by atoms with Gasteiger partial charge in [-0.3, -0.25) is 9.59 Å². The molecule has 0 saturated carbocycles. The molecule has 0 radical (unpaired) electrons. The molecule has 0 atom stereocenters. The smallest absolute Gasteiger partial charge is 0.332 e. The zero-order valence-electron chi connectivity index (χ0n) is 14.2. The van der Waals surface area contributed by atoms with Gasteiger partial charge in [-0.15, -0.1) is 0 Å². The van der Waals surface area contributed by atoms with E-state index in [-0.39, 0.29) is 0 Å². The van der Waals surface area contributed by atoms with Crippen molar-refractivity contribution in [3.63, 3.8) is 0 Å². The molecule has 0 aliphatic carbocycles. The summed E-state index contributed by atoms with van der Waals surface area (Å²) >= 11 is 0. The highest BCUT2D eigenvalue weighted by Crippen LogP contribution is 2.22. The molecule has 0 saturated heterocycles.